The van der Waals surface area contributed by atoms with Crippen LogP contribution in [0.15, 0.2) is 48.5 Å². The molecule has 0 aliphatic heterocycles. The minimum absolute atomic E-state index is 0.0150. The first-order valence-corrected chi connectivity index (χ1v) is 11.1. The maximum atomic E-state index is 12.7. The topological polar surface area (TPSA) is 84.9 Å². The SMILES string of the molecule is CCC(C)(CCOC(C)(C)CC(=O)O)NC(=O)OCC1c2ccccc2-c2ccccc21. The van der Waals surface area contributed by atoms with Gasteiger partial charge in [-0.05, 0) is 55.9 Å². The van der Waals surface area contributed by atoms with E-state index in [0.717, 1.165) is 0 Å². The number of benzene rings is 2. The quantitative estimate of drug-likeness (QED) is 0.521. The van der Waals surface area contributed by atoms with E-state index in [1.54, 1.807) is 13.8 Å². The summed E-state index contributed by atoms with van der Waals surface area (Å²) in [5.41, 5.74) is 3.46. The number of hydrogen-bond donors (Lipinski definition) is 2. The second-order valence-corrected chi connectivity index (χ2v) is 9.29. The number of aliphatic carboxylic acids is 1. The first-order chi connectivity index (χ1) is 15.1. The Morgan fingerprint density at radius 2 is 1.56 bits per heavy atom. The smallest absolute Gasteiger partial charge is 0.407 e. The van der Waals surface area contributed by atoms with Crippen molar-refractivity contribution < 1.29 is 24.2 Å². The summed E-state index contributed by atoms with van der Waals surface area (Å²) in [5.74, 6) is -0.883. The van der Waals surface area contributed by atoms with Crippen molar-refractivity contribution in [3.8, 4) is 11.1 Å². The fraction of sp³-hybridized carbons (Fsp3) is 0.462. The molecular weight excluding hydrogens is 406 g/mol. The number of ether oxygens (including phenoxy) is 2. The molecule has 2 aromatic rings. The van der Waals surface area contributed by atoms with Gasteiger partial charge < -0.3 is 19.9 Å². The Hall–Kier alpha value is -2.86. The van der Waals surface area contributed by atoms with Crippen LogP contribution in [0, 0.1) is 0 Å². The number of alkyl carbamates (subject to hydrolysis) is 1. The number of nitrogens with one attached hydrogen (secondary N) is 1. The lowest BCUT2D eigenvalue weighted by atomic mass is 9.95. The number of carboxylic acid groups (broad SMARTS) is 1. The third kappa shape index (κ3) is 5.68. The summed E-state index contributed by atoms with van der Waals surface area (Å²) in [6, 6.07) is 16.5. The van der Waals surface area contributed by atoms with Gasteiger partial charge in [-0.2, -0.15) is 0 Å². The molecule has 0 heterocycles. The summed E-state index contributed by atoms with van der Waals surface area (Å²) < 4.78 is 11.4. The summed E-state index contributed by atoms with van der Waals surface area (Å²) in [6.45, 7) is 8.05. The predicted molar refractivity (Wildman–Crippen MR) is 124 cm³/mol. The summed E-state index contributed by atoms with van der Waals surface area (Å²) in [4.78, 5) is 23.6. The van der Waals surface area contributed by atoms with Gasteiger partial charge in [-0.3, -0.25) is 4.79 Å². The Labute approximate surface area is 189 Å². The van der Waals surface area contributed by atoms with E-state index < -0.39 is 23.2 Å². The molecule has 0 fully saturated rings. The van der Waals surface area contributed by atoms with Crippen molar-refractivity contribution in [1.29, 1.82) is 0 Å². The van der Waals surface area contributed by atoms with Crippen molar-refractivity contribution in [2.45, 2.75) is 64.0 Å². The molecule has 1 atom stereocenters. The van der Waals surface area contributed by atoms with Crippen LogP contribution in [0.25, 0.3) is 11.1 Å². The van der Waals surface area contributed by atoms with Crippen molar-refractivity contribution in [3.63, 3.8) is 0 Å². The number of hydrogen-bond acceptors (Lipinski definition) is 4. The lowest BCUT2D eigenvalue weighted by molar-refractivity contribution is -0.143. The minimum Gasteiger partial charge on any atom is -0.481 e. The molecule has 3 rings (SSSR count). The number of rotatable bonds is 10. The molecule has 0 bridgehead atoms. The first kappa shape index (κ1) is 23.8. The second kappa shape index (κ2) is 9.74. The molecule has 0 saturated carbocycles. The molecule has 32 heavy (non-hydrogen) atoms. The normalized spacial score (nSPS) is 14.9. The molecule has 0 saturated heterocycles. The van der Waals surface area contributed by atoms with Crippen molar-refractivity contribution in [2.75, 3.05) is 13.2 Å². The van der Waals surface area contributed by atoms with Crippen molar-refractivity contribution in [3.05, 3.63) is 59.7 Å². The largest absolute Gasteiger partial charge is 0.481 e. The zero-order valence-corrected chi connectivity index (χ0v) is 19.3. The Balaban J connectivity index is 1.57. The van der Waals surface area contributed by atoms with Gasteiger partial charge in [-0.15, -0.1) is 0 Å². The third-order valence-electron chi connectivity index (χ3n) is 6.25. The molecule has 6 heteroatoms. The number of carboxylic acids is 1. The first-order valence-electron chi connectivity index (χ1n) is 11.1. The zero-order chi connectivity index (χ0) is 23.4. The molecule has 1 unspecified atom stereocenters. The van der Waals surface area contributed by atoms with Crippen LogP contribution in [0.5, 0.6) is 0 Å². The minimum atomic E-state index is -0.898. The van der Waals surface area contributed by atoms with Gasteiger partial charge in [0.2, 0.25) is 0 Å². The summed E-state index contributed by atoms with van der Waals surface area (Å²) in [7, 11) is 0. The van der Waals surface area contributed by atoms with Gasteiger partial charge >= 0.3 is 12.1 Å². The lowest BCUT2D eigenvalue weighted by Crippen LogP contribution is -2.47. The number of carbonyl (C=O) groups excluding carboxylic acids is 1. The molecular formula is C26H33NO5. The Morgan fingerprint density at radius 1 is 1.00 bits per heavy atom. The van der Waals surface area contributed by atoms with Gasteiger partial charge in [0.05, 0.1) is 12.0 Å². The Morgan fingerprint density at radius 3 is 2.09 bits per heavy atom. The molecule has 172 valence electrons. The van der Waals surface area contributed by atoms with Crippen LogP contribution in [-0.2, 0) is 14.3 Å². The summed E-state index contributed by atoms with van der Waals surface area (Å²) in [6.07, 6.45) is 0.716. The average Bonchev–Trinajstić information content (AvgIpc) is 3.05. The van der Waals surface area contributed by atoms with Crippen LogP contribution in [0.2, 0.25) is 0 Å². The maximum absolute atomic E-state index is 12.7. The van der Waals surface area contributed by atoms with Crippen LogP contribution in [-0.4, -0.2) is 41.5 Å². The highest BCUT2D eigenvalue weighted by Crippen LogP contribution is 2.44. The van der Waals surface area contributed by atoms with E-state index in [1.165, 1.54) is 22.3 Å². The number of fused-ring (bicyclic) bond motifs is 3. The fourth-order valence-corrected chi connectivity index (χ4v) is 4.18. The van der Waals surface area contributed by atoms with Crippen LogP contribution in [0.3, 0.4) is 0 Å². The molecule has 1 aliphatic rings. The highest BCUT2D eigenvalue weighted by atomic mass is 16.5. The highest BCUT2D eigenvalue weighted by molar-refractivity contribution is 5.79. The van der Waals surface area contributed by atoms with E-state index in [1.807, 2.05) is 38.1 Å². The van der Waals surface area contributed by atoms with Crippen molar-refractivity contribution >= 4 is 12.1 Å². The molecule has 6 nitrogen and oxygen atoms in total. The van der Waals surface area contributed by atoms with E-state index in [0.29, 0.717) is 19.4 Å². The maximum Gasteiger partial charge on any atom is 0.407 e. The van der Waals surface area contributed by atoms with Crippen LogP contribution in [0.4, 0.5) is 4.79 Å². The lowest BCUT2D eigenvalue weighted by Gasteiger charge is -2.31. The standard InChI is InChI=1S/C26H33NO5/c1-5-26(4,14-15-32-25(2,3)16-23(28)29)27-24(30)31-17-22-20-12-8-6-10-18(20)19-11-7-9-13-21(19)22/h6-13,22H,5,14-17H2,1-4H3,(H,27,30)(H,28,29). The zero-order valence-electron chi connectivity index (χ0n) is 19.3. The van der Waals surface area contributed by atoms with Crippen LogP contribution in [0.1, 0.15) is 64.0 Å². The van der Waals surface area contributed by atoms with Gasteiger partial charge in [-0.1, -0.05) is 55.5 Å². The molecule has 2 N–H and O–H groups in total. The van der Waals surface area contributed by atoms with E-state index in [2.05, 4.69) is 29.6 Å². The molecule has 0 spiro atoms. The van der Waals surface area contributed by atoms with Crippen LogP contribution < -0.4 is 5.32 Å². The van der Waals surface area contributed by atoms with E-state index in [-0.39, 0.29) is 18.9 Å². The van der Waals surface area contributed by atoms with E-state index in [9.17, 15) is 9.59 Å². The Kier molecular flexibility index (Phi) is 7.24. The monoisotopic (exact) mass is 439 g/mol. The number of carbonyl (C=O) groups is 2. The van der Waals surface area contributed by atoms with E-state index in [4.69, 9.17) is 14.6 Å². The van der Waals surface area contributed by atoms with Gasteiger partial charge in [-0.25, -0.2) is 4.79 Å². The summed E-state index contributed by atoms with van der Waals surface area (Å²) >= 11 is 0. The van der Waals surface area contributed by atoms with Crippen molar-refractivity contribution in [1.82, 2.24) is 5.32 Å². The van der Waals surface area contributed by atoms with Gasteiger partial charge in [0.25, 0.3) is 0 Å². The fourth-order valence-electron chi connectivity index (χ4n) is 4.18. The number of amides is 1. The predicted octanol–water partition coefficient (Wildman–Crippen LogP) is 5.35. The molecule has 2 aromatic carbocycles. The van der Waals surface area contributed by atoms with Gasteiger partial charge in [0.15, 0.2) is 0 Å². The molecule has 1 aliphatic carbocycles. The second-order valence-electron chi connectivity index (χ2n) is 9.29. The molecule has 0 aromatic heterocycles. The third-order valence-corrected chi connectivity index (χ3v) is 6.25. The van der Waals surface area contributed by atoms with Crippen LogP contribution >= 0.6 is 0 Å². The average molecular weight is 440 g/mol. The van der Waals surface area contributed by atoms with Gasteiger partial charge in [0.1, 0.15) is 6.61 Å². The Bertz CT molecular complexity index is 925. The molecule has 1 amide bonds. The molecule has 0 radical (unpaired) electrons. The highest BCUT2D eigenvalue weighted by Gasteiger charge is 2.31. The summed E-state index contributed by atoms with van der Waals surface area (Å²) in [5, 5.41) is 12.0. The van der Waals surface area contributed by atoms with Gasteiger partial charge in [0, 0.05) is 18.1 Å². The van der Waals surface area contributed by atoms with Crippen molar-refractivity contribution in [2.24, 2.45) is 0 Å². The van der Waals surface area contributed by atoms with E-state index >= 15 is 0 Å².